The molecule has 0 fully saturated rings. The number of hydrogen-bond donors (Lipinski definition) is 2. The van der Waals surface area contributed by atoms with E-state index in [0.717, 1.165) is 23.1 Å². The lowest BCUT2D eigenvalue weighted by Crippen LogP contribution is -2.31. The van der Waals surface area contributed by atoms with Crippen LogP contribution in [0.5, 0.6) is 0 Å². The van der Waals surface area contributed by atoms with Crippen molar-refractivity contribution in [2.75, 3.05) is 13.7 Å². The Balaban J connectivity index is 1.56. The number of benzene rings is 2. The van der Waals surface area contributed by atoms with Crippen molar-refractivity contribution in [2.24, 2.45) is 5.73 Å². The topological polar surface area (TPSA) is 82.2 Å². The summed E-state index contributed by atoms with van der Waals surface area (Å²) >= 11 is 0. The fraction of sp³-hybridized carbons (Fsp3) is 0.300. The normalized spacial score (nSPS) is 12.2. The first-order valence-corrected chi connectivity index (χ1v) is 8.67. The van der Waals surface area contributed by atoms with E-state index in [9.17, 15) is 4.79 Å². The molecule has 3 rings (SSSR count). The van der Waals surface area contributed by atoms with Gasteiger partial charge in [-0.05, 0) is 23.3 Å². The summed E-state index contributed by atoms with van der Waals surface area (Å²) in [6.45, 7) is 1.59. The third-order valence-electron chi connectivity index (χ3n) is 4.40. The number of carbonyl (C=O) groups is 1. The highest BCUT2D eigenvalue weighted by molar-refractivity contribution is 5.76. The molecule has 26 heavy (non-hydrogen) atoms. The van der Waals surface area contributed by atoms with Crippen molar-refractivity contribution in [1.82, 2.24) is 14.9 Å². The Bertz CT molecular complexity index is 854. The highest BCUT2D eigenvalue weighted by Crippen LogP contribution is 2.14. The van der Waals surface area contributed by atoms with Crippen LogP contribution in [0.2, 0.25) is 0 Å². The van der Waals surface area contributed by atoms with Crippen molar-refractivity contribution in [3.8, 4) is 0 Å². The predicted molar refractivity (Wildman–Crippen MR) is 102 cm³/mol. The van der Waals surface area contributed by atoms with Crippen molar-refractivity contribution >= 4 is 16.9 Å². The van der Waals surface area contributed by atoms with Gasteiger partial charge in [0.25, 0.3) is 0 Å². The summed E-state index contributed by atoms with van der Waals surface area (Å²) in [5.41, 5.74) is 9.90. The van der Waals surface area contributed by atoms with Crippen LogP contribution in [0.4, 0.5) is 0 Å². The lowest BCUT2D eigenvalue weighted by atomic mass is 10.1. The number of nitrogens with one attached hydrogen (secondary N) is 1. The first-order valence-electron chi connectivity index (χ1n) is 8.67. The number of nitrogens with two attached hydrogens (primary N) is 1. The number of methoxy groups -OCH3 is 1. The van der Waals surface area contributed by atoms with Gasteiger partial charge in [-0.1, -0.05) is 36.4 Å². The van der Waals surface area contributed by atoms with Gasteiger partial charge in [0.1, 0.15) is 0 Å². The van der Waals surface area contributed by atoms with Gasteiger partial charge in [-0.25, -0.2) is 4.98 Å². The minimum absolute atomic E-state index is 0.0590. The SMILES string of the molecule is COC(CN)CC(=O)NCc1ccc(Cn2cnc3ccccc32)cc1. The number of fused-ring (bicyclic) bond motifs is 1. The van der Waals surface area contributed by atoms with E-state index in [-0.39, 0.29) is 18.4 Å². The number of nitrogens with zero attached hydrogens (tertiary/aromatic N) is 2. The van der Waals surface area contributed by atoms with Crippen LogP contribution in [0.15, 0.2) is 54.9 Å². The van der Waals surface area contributed by atoms with Crippen LogP contribution in [0.1, 0.15) is 17.5 Å². The van der Waals surface area contributed by atoms with Crippen LogP contribution in [-0.2, 0) is 22.6 Å². The van der Waals surface area contributed by atoms with Gasteiger partial charge >= 0.3 is 0 Å². The number of amides is 1. The molecule has 1 heterocycles. The molecular formula is C20H24N4O2. The number of rotatable bonds is 8. The third kappa shape index (κ3) is 4.47. The van der Waals surface area contributed by atoms with E-state index in [0.29, 0.717) is 13.1 Å². The predicted octanol–water partition coefficient (Wildman–Crippen LogP) is 2.06. The van der Waals surface area contributed by atoms with E-state index < -0.39 is 0 Å². The second kappa shape index (κ2) is 8.60. The molecule has 2 aromatic carbocycles. The smallest absolute Gasteiger partial charge is 0.222 e. The maximum atomic E-state index is 11.9. The summed E-state index contributed by atoms with van der Waals surface area (Å²) in [7, 11) is 1.56. The first-order chi connectivity index (χ1) is 12.7. The van der Waals surface area contributed by atoms with Crippen molar-refractivity contribution < 1.29 is 9.53 Å². The Kier molecular flexibility index (Phi) is 5.99. The molecule has 0 bridgehead atoms. The van der Waals surface area contributed by atoms with E-state index in [1.807, 2.05) is 36.7 Å². The summed E-state index contributed by atoms with van der Waals surface area (Å²) in [6.07, 6.45) is 1.91. The molecule has 136 valence electrons. The Morgan fingerprint density at radius 2 is 1.92 bits per heavy atom. The van der Waals surface area contributed by atoms with Crippen molar-refractivity contribution in [3.05, 3.63) is 66.0 Å². The van der Waals surface area contributed by atoms with Crippen molar-refractivity contribution in [3.63, 3.8) is 0 Å². The zero-order chi connectivity index (χ0) is 18.4. The Hall–Kier alpha value is -2.70. The molecule has 1 aromatic heterocycles. The Morgan fingerprint density at radius 1 is 1.19 bits per heavy atom. The molecule has 1 amide bonds. The van der Waals surface area contributed by atoms with E-state index in [2.05, 4.69) is 33.1 Å². The average molecular weight is 352 g/mol. The molecule has 3 N–H and O–H groups in total. The highest BCUT2D eigenvalue weighted by Gasteiger charge is 2.11. The molecule has 0 aliphatic rings. The van der Waals surface area contributed by atoms with Gasteiger partial charge in [0, 0.05) is 26.7 Å². The molecule has 6 nitrogen and oxygen atoms in total. The Labute approximate surface area is 153 Å². The number of aromatic nitrogens is 2. The number of para-hydroxylation sites is 2. The van der Waals surface area contributed by atoms with Gasteiger partial charge in [0.15, 0.2) is 0 Å². The fourth-order valence-corrected chi connectivity index (χ4v) is 2.84. The third-order valence-corrected chi connectivity index (χ3v) is 4.40. The van der Waals surface area contributed by atoms with Crippen LogP contribution in [-0.4, -0.2) is 35.2 Å². The molecule has 1 atom stereocenters. The number of ether oxygens (including phenoxy) is 1. The largest absolute Gasteiger partial charge is 0.380 e. The summed E-state index contributed by atoms with van der Waals surface area (Å²) in [4.78, 5) is 16.3. The monoisotopic (exact) mass is 352 g/mol. The van der Waals surface area contributed by atoms with Crippen LogP contribution < -0.4 is 11.1 Å². The van der Waals surface area contributed by atoms with Gasteiger partial charge in [-0.2, -0.15) is 0 Å². The minimum atomic E-state index is -0.234. The zero-order valence-corrected chi connectivity index (χ0v) is 14.9. The molecule has 1 unspecified atom stereocenters. The van der Waals surface area contributed by atoms with Crippen molar-refractivity contribution in [1.29, 1.82) is 0 Å². The first kappa shape index (κ1) is 18.1. The minimum Gasteiger partial charge on any atom is -0.380 e. The average Bonchev–Trinajstić information content (AvgIpc) is 3.08. The van der Waals surface area contributed by atoms with Crippen LogP contribution in [0.3, 0.4) is 0 Å². The molecule has 0 spiro atoms. The van der Waals surface area contributed by atoms with E-state index in [4.69, 9.17) is 10.5 Å². The van der Waals surface area contributed by atoms with E-state index >= 15 is 0 Å². The maximum absolute atomic E-state index is 11.9. The summed E-state index contributed by atoms with van der Waals surface area (Å²) in [5, 5.41) is 2.90. The van der Waals surface area contributed by atoms with E-state index in [1.54, 1.807) is 7.11 Å². The zero-order valence-electron chi connectivity index (χ0n) is 14.9. The summed E-state index contributed by atoms with van der Waals surface area (Å²) in [5.74, 6) is -0.0590. The Morgan fingerprint density at radius 3 is 2.65 bits per heavy atom. The second-order valence-corrected chi connectivity index (χ2v) is 6.25. The van der Waals surface area contributed by atoms with Gasteiger partial charge in [-0.15, -0.1) is 0 Å². The molecule has 3 aromatic rings. The number of carbonyl (C=O) groups excluding carboxylic acids is 1. The summed E-state index contributed by atoms with van der Waals surface area (Å²) < 4.78 is 7.25. The van der Waals surface area contributed by atoms with Crippen LogP contribution >= 0.6 is 0 Å². The van der Waals surface area contributed by atoms with Gasteiger partial charge < -0.3 is 20.4 Å². The molecule has 0 aliphatic carbocycles. The molecule has 0 saturated heterocycles. The highest BCUT2D eigenvalue weighted by atomic mass is 16.5. The number of imidazole rings is 1. The van der Waals surface area contributed by atoms with Crippen LogP contribution in [0, 0.1) is 0 Å². The van der Waals surface area contributed by atoms with Gasteiger partial charge in [0.05, 0.1) is 29.9 Å². The fourth-order valence-electron chi connectivity index (χ4n) is 2.84. The summed E-state index contributed by atoms with van der Waals surface area (Å²) in [6, 6.07) is 16.3. The lowest BCUT2D eigenvalue weighted by molar-refractivity contribution is -0.123. The number of hydrogen-bond acceptors (Lipinski definition) is 4. The van der Waals surface area contributed by atoms with Gasteiger partial charge in [0.2, 0.25) is 5.91 Å². The molecule has 0 saturated carbocycles. The van der Waals surface area contributed by atoms with Gasteiger partial charge in [-0.3, -0.25) is 4.79 Å². The second-order valence-electron chi connectivity index (χ2n) is 6.25. The molecule has 0 aliphatic heterocycles. The quantitative estimate of drug-likeness (QED) is 0.650. The maximum Gasteiger partial charge on any atom is 0.222 e. The molecule has 6 heteroatoms. The van der Waals surface area contributed by atoms with Crippen molar-refractivity contribution in [2.45, 2.75) is 25.6 Å². The standard InChI is InChI=1S/C20H24N4O2/c1-26-17(11-21)10-20(25)22-12-15-6-8-16(9-7-15)13-24-14-23-18-4-2-3-5-19(18)24/h2-9,14,17H,10-13,21H2,1H3,(H,22,25). The molecular weight excluding hydrogens is 328 g/mol. The van der Waals surface area contributed by atoms with Crippen LogP contribution in [0.25, 0.3) is 11.0 Å². The molecule has 0 radical (unpaired) electrons. The lowest BCUT2D eigenvalue weighted by Gasteiger charge is -2.12. The van der Waals surface area contributed by atoms with E-state index in [1.165, 1.54) is 5.56 Å².